The highest BCUT2D eigenvalue weighted by Gasteiger charge is 2.22. The smallest absolute Gasteiger partial charge is 0.193 e. The molecule has 1 N–H and O–H groups in total. The number of para-hydroxylation sites is 1. The van der Waals surface area contributed by atoms with Gasteiger partial charge in [0.1, 0.15) is 11.9 Å². The van der Waals surface area contributed by atoms with E-state index in [-0.39, 0.29) is 0 Å². The summed E-state index contributed by atoms with van der Waals surface area (Å²) >= 11 is 0. The van der Waals surface area contributed by atoms with Crippen LogP contribution in [0.1, 0.15) is 19.8 Å². The van der Waals surface area contributed by atoms with Gasteiger partial charge >= 0.3 is 0 Å². The summed E-state index contributed by atoms with van der Waals surface area (Å²) in [4.78, 5) is 6.91. The number of ether oxygens (including phenoxy) is 2. The molecular weight excluding hydrogens is 278 g/mol. The number of likely N-dealkylation sites (tertiary alicyclic amines) is 1. The second-order valence-corrected chi connectivity index (χ2v) is 5.35. The zero-order chi connectivity index (χ0) is 15.6. The number of piperidine rings is 1. The first-order chi connectivity index (χ1) is 10.8. The zero-order valence-electron chi connectivity index (χ0n) is 13.6. The van der Waals surface area contributed by atoms with Crippen molar-refractivity contribution in [1.82, 2.24) is 10.2 Å². The second-order valence-electron chi connectivity index (χ2n) is 5.35. The Morgan fingerprint density at radius 1 is 1.27 bits per heavy atom. The van der Waals surface area contributed by atoms with Crippen molar-refractivity contribution in [3.05, 3.63) is 30.3 Å². The lowest BCUT2D eigenvalue weighted by Gasteiger charge is -2.34. The highest BCUT2D eigenvalue weighted by atomic mass is 16.5. The van der Waals surface area contributed by atoms with Gasteiger partial charge in [-0.15, -0.1) is 0 Å². The molecule has 0 aromatic heterocycles. The largest absolute Gasteiger partial charge is 0.490 e. The summed E-state index contributed by atoms with van der Waals surface area (Å²) in [6.07, 6.45) is 2.33. The van der Waals surface area contributed by atoms with E-state index in [0.717, 1.165) is 44.2 Å². The molecular formula is C17H27N3O2. The summed E-state index contributed by atoms with van der Waals surface area (Å²) in [5.74, 6) is 1.94. The average molecular weight is 305 g/mol. The van der Waals surface area contributed by atoms with Crippen molar-refractivity contribution in [3.63, 3.8) is 0 Å². The molecule has 0 spiro atoms. The molecule has 22 heavy (non-hydrogen) atoms. The molecule has 0 amide bonds. The van der Waals surface area contributed by atoms with Crippen LogP contribution in [0.15, 0.2) is 35.3 Å². The van der Waals surface area contributed by atoms with E-state index in [2.05, 4.69) is 22.1 Å². The predicted octanol–water partition coefficient (Wildman–Crippen LogP) is 2.14. The third kappa shape index (κ3) is 5.22. The van der Waals surface area contributed by atoms with E-state index in [4.69, 9.17) is 9.47 Å². The maximum atomic E-state index is 6.03. The van der Waals surface area contributed by atoms with Gasteiger partial charge < -0.3 is 19.7 Å². The Morgan fingerprint density at radius 3 is 2.64 bits per heavy atom. The lowest BCUT2D eigenvalue weighted by molar-refractivity contribution is 0.129. The minimum Gasteiger partial charge on any atom is -0.490 e. The van der Waals surface area contributed by atoms with Crippen molar-refractivity contribution in [2.45, 2.75) is 25.9 Å². The first-order valence-electron chi connectivity index (χ1n) is 8.07. The topological polar surface area (TPSA) is 46.1 Å². The SMILES string of the molecule is CCNC(=NCCOC)N1CCC(Oc2ccccc2)CC1. The molecule has 0 radical (unpaired) electrons. The van der Waals surface area contributed by atoms with Crippen molar-refractivity contribution in [2.24, 2.45) is 4.99 Å². The maximum Gasteiger partial charge on any atom is 0.193 e. The molecule has 122 valence electrons. The summed E-state index contributed by atoms with van der Waals surface area (Å²) in [6.45, 7) is 6.26. The number of hydrogen-bond donors (Lipinski definition) is 1. The predicted molar refractivity (Wildman–Crippen MR) is 89.5 cm³/mol. The first-order valence-corrected chi connectivity index (χ1v) is 8.07. The van der Waals surface area contributed by atoms with Crippen molar-refractivity contribution in [2.75, 3.05) is 39.9 Å². The van der Waals surface area contributed by atoms with Crippen molar-refractivity contribution in [1.29, 1.82) is 0 Å². The first kappa shape index (κ1) is 16.6. The van der Waals surface area contributed by atoms with Gasteiger partial charge in [-0.05, 0) is 19.1 Å². The van der Waals surface area contributed by atoms with Crippen LogP contribution in [-0.4, -0.2) is 56.9 Å². The van der Waals surface area contributed by atoms with E-state index < -0.39 is 0 Å². The number of aliphatic imine (C=N–C) groups is 1. The number of methoxy groups -OCH3 is 1. The van der Waals surface area contributed by atoms with E-state index in [1.807, 2.05) is 30.3 Å². The van der Waals surface area contributed by atoms with Crippen LogP contribution in [0, 0.1) is 0 Å². The van der Waals surface area contributed by atoms with Crippen LogP contribution in [0.4, 0.5) is 0 Å². The number of rotatable bonds is 6. The Labute approximate surface area is 133 Å². The molecule has 0 unspecified atom stereocenters. The summed E-state index contributed by atoms with van der Waals surface area (Å²) in [7, 11) is 1.70. The number of guanidine groups is 1. The Kier molecular flexibility index (Phi) is 7.03. The van der Waals surface area contributed by atoms with Gasteiger partial charge in [-0.25, -0.2) is 0 Å². The van der Waals surface area contributed by atoms with Crippen LogP contribution < -0.4 is 10.1 Å². The summed E-state index contributed by atoms with van der Waals surface area (Å²) < 4.78 is 11.1. The van der Waals surface area contributed by atoms with E-state index in [0.29, 0.717) is 19.3 Å². The zero-order valence-corrected chi connectivity index (χ0v) is 13.6. The molecule has 2 rings (SSSR count). The summed E-state index contributed by atoms with van der Waals surface area (Å²) in [5, 5.41) is 3.36. The molecule has 0 bridgehead atoms. The standard InChI is InChI=1S/C17H27N3O2/c1-3-18-17(19-11-14-21-2)20-12-9-16(10-13-20)22-15-7-5-4-6-8-15/h4-8,16H,3,9-14H2,1-2H3,(H,18,19). The van der Waals surface area contributed by atoms with E-state index in [9.17, 15) is 0 Å². The number of hydrogen-bond acceptors (Lipinski definition) is 3. The monoisotopic (exact) mass is 305 g/mol. The van der Waals surface area contributed by atoms with Crippen LogP contribution in [0.2, 0.25) is 0 Å². The van der Waals surface area contributed by atoms with E-state index >= 15 is 0 Å². The normalized spacial score (nSPS) is 16.6. The molecule has 1 aromatic carbocycles. The molecule has 1 aromatic rings. The number of nitrogens with zero attached hydrogens (tertiary/aromatic N) is 2. The van der Waals surface area contributed by atoms with Crippen LogP contribution in [0.25, 0.3) is 0 Å². The van der Waals surface area contributed by atoms with Crippen LogP contribution >= 0.6 is 0 Å². The third-order valence-corrected chi connectivity index (χ3v) is 3.68. The van der Waals surface area contributed by atoms with E-state index in [1.165, 1.54) is 0 Å². The van der Waals surface area contributed by atoms with Crippen molar-refractivity contribution < 1.29 is 9.47 Å². The van der Waals surface area contributed by atoms with Gasteiger partial charge in [-0.2, -0.15) is 0 Å². The van der Waals surface area contributed by atoms with E-state index in [1.54, 1.807) is 7.11 Å². The number of benzene rings is 1. The number of nitrogens with one attached hydrogen (secondary N) is 1. The van der Waals surface area contributed by atoms with Gasteiger partial charge in [0.15, 0.2) is 5.96 Å². The van der Waals surface area contributed by atoms with Gasteiger partial charge in [0.05, 0.1) is 13.2 Å². The van der Waals surface area contributed by atoms with Gasteiger partial charge in [-0.3, -0.25) is 4.99 Å². The molecule has 1 fully saturated rings. The van der Waals surface area contributed by atoms with Crippen LogP contribution in [0.5, 0.6) is 5.75 Å². The molecule has 5 heteroatoms. The van der Waals surface area contributed by atoms with Gasteiger partial charge in [0, 0.05) is 39.6 Å². The highest BCUT2D eigenvalue weighted by Crippen LogP contribution is 2.18. The molecule has 1 aliphatic rings. The van der Waals surface area contributed by atoms with Gasteiger partial charge in [0.25, 0.3) is 0 Å². The molecule has 0 saturated carbocycles. The molecule has 1 heterocycles. The minimum atomic E-state index is 0.292. The molecule has 1 aliphatic heterocycles. The molecule has 0 aliphatic carbocycles. The maximum absolute atomic E-state index is 6.03. The fourth-order valence-corrected chi connectivity index (χ4v) is 2.55. The minimum absolute atomic E-state index is 0.292. The lowest BCUT2D eigenvalue weighted by Crippen LogP contribution is -2.47. The lowest BCUT2D eigenvalue weighted by atomic mass is 10.1. The van der Waals surface area contributed by atoms with Crippen molar-refractivity contribution >= 4 is 5.96 Å². The highest BCUT2D eigenvalue weighted by molar-refractivity contribution is 5.80. The Balaban J connectivity index is 1.82. The van der Waals surface area contributed by atoms with Gasteiger partial charge in [-0.1, -0.05) is 18.2 Å². The average Bonchev–Trinajstić information content (AvgIpc) is 2.56. The quantitative estimate of drug-likeness (QED) is 0.497. The molecule has 0 atom stereocenters. The molecule has 1 saturated heterocycles. The fourth-order valence-electron chi connectivity index (χ4n) is 2.55. The third-order valence-electron chi connectivity index (χ3n) is 3.68. The van der Waals surface area contributed by atoms with Gasteiger partial charge in [0.2, 0.25) is 0 Å². The fraction of sp³-hybridized carbons (Fsp3) is 0.588. The Morgan fingerprint density at radius 2 is 2.00 bits per heavy atom. The molecule has 5 nitrogen and oxygen atoms in total. The van der Waals surface area contributed by atoms with Crippen LogP contribution in [-0.2, 0) is 4.74 Å². The Bertz CT molecular complexity index is 442. The summed E-state index contributed by atoms with van der Waals surface area (Å²) in [5.41, 5.74) is 0. The Hall–Kier alpha value is -1.75. The van der Waals surface area contributed by atoms with Crippen molar-refractivity contribution in [3.8, 4) is 5.75 Å². The second kappa shape index (κ2) is 9.30. The van der Waals surface area contributed by atoms with Crippen LogP contribution in [0.3, 0.4) is 0 Å². The summed E-state index contributed by atoms with van der Waals surface area (Å²) in [6, 6.07) is 10.1.